The number of hydrogen-bond acceptors (Lipinski definition) is 6. The molecule has 0 bridgehead atoms. The molecule has 8 nitrogen and oxygen atoms in total. The predicted molar refractivity (Wildman–Crippen MR) is 62.1 cm³/mol. The van der Waals surface area contributed by atoms with Crippen LogP contribution in [0.5, 0.6) is 0 Å². The van der Waals surface area contributed by atoms with Crippen LogP contribution in [0.25, 0.3) is 0 Å². The number of nitro groups is 1. The molecule has 0 aromatic carbocycles. The molecule has 1 fully saturated rings. The van der Waals surface area contributed by atoms with Crippen LogP contribution in [0, 0.1) is 21.4 Å². The molecule has 0 radical (unpaired) electrons. The smallest absolute Gasteiger partial charge is 0.328 e. The molecule has 0 spiro atoms. The Labute approximate surface area is 108 Å². The van der Waals surface area contributed by atoms with Crippen molar-refractivity contribution in [3.8, 4) is 6.07 Å². The van der Waals surface area contributed by atoms with Crippen LogP contribution in [0.3, 0.4) is 0 Å². The number of H-pyrrole nitrogens is 1. The molecule has 2 atom stereocenters. The molecule has 19 heavy (non-hydrogen) atoms. The number of esters is 1. The molecular formula is C11H12N4O4. The van der Waals surface area contributed by atoms with Crippen molar-refractivity contribution in [3.63, 3.8) is 0 Å². The van der Waals surface area contributed by atoms with Crippen LogP contribution in [0.4, 0.5) is 5.69 Å². The van der Waals surface area contributed by atoms with Gasteiger partial charge in [-0.25, -0.2) is 0 Å². The van der Waals surface area contributed by atoms with Crippen molar-refractivity contribution in [1.82, 2.24) is 10.2 Å². The maximum atomic E-state index is 11.0. The van der Waals surface area contributed by atoms with Crippen molar-refractivity contribution in [3.05, 3.63) is 21.5 Å². The highest BCUT2D eigenvalue weighted by atomic mass is 16.6. The van der Waals surface area contributed by atoms with Crippen LogP contribution < -0.4 is 0 Å². The summed E-state index contributed by atoms with van der Waals surface area (Å²) in [5, 5.41) is 26.0. The number of nitrogens with zero attached hydrogens (tertiary/aromatic N) is 3. The first-order valence-electron chi connectivity index (χ1n) is 5.84. The molecule has 0 saturated heterocycles. The van der Waals surface area contributed by atoms with Crippen LogP contribution >= 0.6 is 0 Å². The van der Waals surface area contributed by atoms with Crippen molar-refractivity contribution in [2.24, 2.45) is 0 Å². The summed E-state index contributed by atoms with van der Waals surface area (Å²) in [5.74, 6) is -0.724. The van der Waals surface area contributed by atoms with Gasteiger partial charge in [-0.15, -0.1) is 0 Å². The molecule has 0 amide bonds. The summed E-state index contributed by atoms with van der Waals surface area (Å²) in [5.41, 5.74) is -0.287. The van der Waals surface area contributed by atoms with E-state index in [-0.39, 0.29) is 23.0 Å². The molecule has 2 rings (SSSR count). The molecule has 1 saturated carbocycles. The molecule has 1 aliphatic carbocycles. The highest BCUT2D eigenvalue weighted by Crippen LogP contribution is 2.40. The molecule has 0 unspecified atom stereocenters. The number of rotatable bonds is 3. The van der Waals surface area contributed by atoms with E-state index >= 15 is 0 Å². The zero-order chi connectivity index (χ0) is 14.0. The lowest BCUT2D eigenvalue weighted by Gasteiger charge is -2.17. The Hall–Kier alpha value is -2.43. The van der Waals surface area contributed by atoms with E-state index in [9.17, 15) is 14.9 Å². The number of nitrogens with one attached hydrogen (secondary N) is 1. The molecule has 1 heterocycles. The second kappa shape index (κ2) is 5.06. The third-order valence-corrected chi connectivity index (χ3v) is 3.20. The Morgan fingerprint density at radius 2 is 2.37 bits per heavy atom. The summed E-state index contributed by atoms with van der Waals surface area (Å²) in [6.07, 6.45) is 1.72. The Morgan fingerprint density at radius 3 is 2.95 bits per heavy atom. The average molecular weight is 264 g/mol. The molecule has 1 aliphatic rings. The second-order valence-corrected chi connectivity index (χ2v) is 4.39. The van der Waals surface area contributed by atoms with Gasteiger partial charge in [0.2, 0.25) is 5.69 Å². The SMILES string of the molecule is CC(=O)O[C@@H]1CCC[C@H]1c1[nH]nc(C#N)c1[N+](=O)[O-]. The quantitative estimate of drug-likeness (QED) is 0.500. The van der Waals surface area contributed by atoms with E-state index in [1.54, 1.807) is 6.07 Å². The van der Waals surface area contributed by atoms with E-state index in [0.717, 1.165) is 6.42 Å². The van der Waals surface area contributed by atoms with E-state index in [2.05, 4.69) is 10.2 Å². The second-order valence-electron chi connectivity index (χ2n) is 4.39. The zero-order valence-corrected chi connectivity index (χ0v) is 10.3. The molecule has 8 heteroatoms. The fourth-order valence-electron chi connectivity index (χ4n) is 2.48. The fraction of sp³-hybridized carbons (Fsp3) is 0.545. The standard InChI is InChI=1S/C11H12N4O4/c1-6(16)19-9-4-2-3-7(9)10-11(15(17)18)8(5-12)13-14-10/h7,9H,2-4H2,1H3,(H,13,14)/t7-,9-/m1/s1. The Bertz CT molecular complexity index is 560. The van der Waals surface area contributed by atoms with Gasteiger partial charge < -0.3 is 4.74 Å². The van der Waals surface area contributed by atoms with E-state index in [1.807, 2.05) is 0 Å². The summed E-state index contributed by atoms with van der Waals surface area (Å²) in [4.78, 5) is 21.4. The minimum Gasteiger partial charge on any atom is -0.462 e. The molecule has 0 aliphatic heterocycles. The van der Waals surface area contributed by atoms with Crippen molar-refractivity contribution >= 4 is 11.7 Å². The minimum atomic E-state index is -0.624. The number of nitriles is 1. The van der Waals surface area contributed by atoms with E-state index in [4.69, 9.17) is 10.00 Å². The first kappa shape index (κ1) is 13.0. The predicted octanol–water partition coefficient (Wildman–Crippen LogP) is 1.39. The van der Waals surface area contributed by atoms with Crippen molar-refractivity contribution in [1.29, 1.82) is 5.26 Å². The van der Waals surface area contributed by atoms with Crippen molar-refractivity contribution < 1.29 is 14.5 Å². The molecule has 1 aromatic heterocycles. The number of carbonyl (C=O) groups excluding carboxylic acids is 1. The van der Waals surface area contributed by atoms with Crippen molar-refractivity contribution in [2.45, 2.75) is 38.2 Å². The van der Waals surface area contributed by atoms with Gasteiger partial charge in [-0.3, -0.25) is 20.0 Å². The molecule has 1 aromatic rings. The number of carbonyl (C=O) groups is 1. The summed E-state index contributed by atoms with van der Waals surface area (Å²) in [6, 6.07) is 1.68. The van der Waals surface area contributed by atoms with Gasteiger partial charge in [-0.05, 0) is 19.3 Å². The molecule has 100 valence electrons. The number of hydrogen-bond donors (Lipinski definition) is 1. The number of aromatic amines is 1. The van der Waals surface area contributed by atoms with E-state index in [0.29, 0.717) is 12.8 Å². The topological polar surface area (TPSA) is 122 Å². The molecule has 1 N–H and O–H groups in total. The fourth-order valence-corrected chi connectivity index (χ4v) is 2.48. The Balaban J connectivity index is 2.36. The van der Waals surface area contributed by atoms with Gasteiger partial charge >= 0.3 is 11.7 Å². The van der Waals surface area contributed by atoms with E-state index < -0.39 is 17.0 Å². The summed E-state index contributed by atoms with van der Waals surface area (Å²) in [6.45, 7) is 1.30. The highest BCUT2D eigenvalue weighted by molar-refractivity contribution is 5.66. The van der Waals surface area contributed by atoms with Gasteiger partial charge in [-0.2, -0.15) is 10.4 Å². The van der Waals surface area contributed by atoms with Crippen LogP contribution in [-0.4, -0.2) is 27.2 Å². The Kier molecular flexibility index (Phi) is 3.46. The van der Waals surface area contributed by atoms with Gasteiger partial charge in [0, 0.05) is 12.8 Å². The van der Waals surface area contributed by atoms with Crippen LogP contribution in [0.15, 0.2) is 0 Å². The maximum absolute atomic E-state index is 11.0. The molecular weight excluding hydrogens is 252 g/mol. The van der Waals surface area contributed by atoms with Gasteiger partial charge in [-0.1, -0.05) is 0 Å². The number of ether oxygens (including phenoxy) is 1. The third kappa shape index (κ3) is 2.40. The average Bonchev–Trinajstić information content (AvgIpc) is 2.92. The maximum Gasteiger partial charge on any atom is 0.328 e. The van der Waals surface area contributed by atoms with Gasteiger partial charge in [0.1, 0.15) is 17.9 Å². The lowest BCUT2D eigenvalue weighted by molar-refractivity contribution is -0.386. The summed E-state index contributed by atoms with van der Waals surface area (Å²) in [7, 11) is 0. The van der Waals surface area contributed by atoms with Gasteiger partial charge in [0.15, 0.2) is 0 Å². The monoisotopic (exact) mass is 264 g/mol. The summed E-state index contributed by atoms with van der Waals surface area (Å²) >= 11 is 0. The lowest BCUT2D eigenvalue weighted by atomic mass is 10.00. The van der Waals surface area contributed by atoms with Crippen LogP contribution in [0.1, 0.15) is 43.5 Å². The van der Waals surface area contributed by atoms with Crippen LogP contribution in [0.2, 0.25) is 0 Å². The third-order valence-electron chi connectivity index (χ3n) is 3.20. The largest absolute Gasteiger partial charge is 0.462 e. The normalized spacial score (nSPS) is 21.9. The highest BCUT2D eigenvalue weighted by Gasteiger charge is 2.38. The van der Waals surface area contributed by atoms with Gasteiger partial charge in [0.05, 0.1) is 4.92 Å². The van der Waals surface area contributed by atoms with Crippen LogP contribution in [-0.2, 0) is 9.53 Å². The zero-order valence-electron chi connectivity index (χ0n) is 10.3. The Morgan fingerprint density at radius 1 is 1.63 bits per heavy atom. The first-order chi connectivity index (χ1) is 9.04. The van der Waals surface area contributed by atoms with Crippen molar-refractivity contribution in [2.75, 3.05) is 0 Å². The lowest BCUT2D eigenvalue weighted by Crippen LogP contribution is -2.20. The van der Waals surface area contributed by atoms with Gasteiger partial charge in [0.25, 0.3) is 0 Å². The van der Waals surface area contributed by atoms with E-state index in [1.165, 1.54) is 6.92 Å². The first-order valence-corrected chi connectivity index (χ1v) is 5.84. The number of aromatic nitrogens is 2. The minimum absolute atomic E-state index is 0.242. The summed E-state index contributed by atoms with van der Waals surface area (Å²) < 4.78 is 5.16.